The predicted molar refractivity (Wildman–Crippen MR) is 123 cm³/mol. The summed E-state index contributed by atoms with van der Waals surface area (Å²) in [6.45, 7) is 8.25. The predicted octanol–water partition coefficient (Wildman–Crippen LogP) is 3.85. The Morgan fingerprint density at radius 3 is 2.62 bits per heavy atom. The second-order valence-corrected chi connectivity index (χ2v) is 8.16. The van der Waals surface area contributed by atoms with Crippen molar-refractivity contribution in [3.05, 3.63) is 70.5 Å². The first-order chi connectivity index (χ1) is 15.4. The van der Waals surface area contributed by atoms with E-state index in [9.17, 15) is 14.0 Å². The number of amides is 2. The van der Waals surface area contributed by atoms with Crippen LogP contribution in [0, 0.1) is 5.82 Å². The maximum absolute atomic E-state index is 13.9. The molecule has 0 bridgehead atoms. The molecule has 1 aliphatic rings. The van der Waals surface area contributed by atoms with Crippen LogP contribution in [0.3, 0.4) is 0 Å². The minimum absolute atomic E-state index is 0.0316. The highest BCUT2D eigenvalue weighted by Gasteiger charge is 2.32. The molecule has 2 atom stereocenters. The number of hydrogen-bond acceptors (Lipinski definition) is 4. The molecule has 0 spiro atoms. The van der Waals surface area contributed by atoms with Gasteiger partial charge in [-0.3, -0.25) is 14.3 Å². The molecule has 0 aliphatic carbocycles. The van der Waals surface area contributed by atoms with Crippen LogP contribution in [0.5, 0.6) is 0 Å². The summed E-state index contributed by atoms with van der Waals surface area (Å²) in [4.78, 5) is 34.5. The number of rotatable bonds is 4. The van der Waals surface area contributed by atoms with E-state index in [4.69, 9.17) is 4.98 Å². The van der Waals surface area contributed by atoms with Crippen LogP contribution in [-0.2, 0) is 6.54 Å². The molecule has 2 heterocycles. The monoisotopic (exact) mass is 437 g/mol. The fourth-order valence-electron chi connectivity index (χ4n) is 4.36. The quantitative estimate of drug-likeness (QED) is 0.673. The number of para-hydroxylation sites is 2. The summed E-state index contributed by atoms with van der Waals surface area (Å²) in [6, 6.07) is 13.1. The number of piperazine rings is 1. The molecule has 1 aromatic heterocycles. The molecule has 4 rings (SSSR count). The number of aromatic nitrogens is 2. The molecule has 3 aromatic rings. The van der Waals surface area contributed by atoms with E-state index in [1.54, 1.807) is 33.7 Å². The first kappa shape index (κ1) is 22.0. The molecule has 2 aromatic carbocycles. The molecule has 7 nitrogen and oxygen atoms in total. The van der Waals surface area contributed by atoms with Crippen LogP contribution in [0.15, 0.2) is 53.3 Å². The van der Waals surface area contributed by atoms with Gasteiger partial charge in [-0.2, -0.15) is 0 Å². The van der Waals surface area contributed by atoms with Gasteiger partial charge in [0.25, 0.3) is 5.56 Å². The molecular formula is C24H28FN5O2. The van der Waals surface area contributed by atoms with Crippen LogP contribution in [0.1, 0.15) is 32.6 Å². The van der Waals surface area contributed by atoms with Crippen molar-refractivity contribution in [3.8, 4) is 0 Å². The van der Waals surface area contributed by atoms with E-state index in [-0.39, 0.29) is 29.4 Å². The molecule has 1 N–H and O–H groups in total. The third kappa shape index (κ3) is 4.10. The molecule has 1 aliphatic heterocycles. The second kappa shape index (κ2) is 9.08. The summed E-state index contributed by atoms with van der Waals surface area (Å²) < 4.78 is 15.6. The van der Waals surface area contributed by atoms with Crippen LogP contribution in [0.25, 0.3) is 10.9 Å². The molecule has 1 saturated heterocycles. The lowest BCUT2D eigenvalue weighted by Crippen LogP contribution is -2.55. The Kier molecular flexibility index (Phi) is 6.23. The standard InChI is InChI=1S/C24H28FN5O2/c1-4-29-22(26-20-11-7-5-9-18(20)23(29)31)17(3)28-13-14-30(16(2)15-28)24(32)27-21-12-8-6-10-19(21)25/h5-12,16-17H,4,13-15H2,1-3H3,(H,27,32). The second-order valence-electron chi connectivity index (χ2n) is 8.16. The number of anilines is 1. The molecule has 168 valence electrons. The van der Waals surface area contributed by atoms with E-state index in [1.165, 1.54) is 6.07 Å². The number of nitrogens with zero attached hydrogens (tertiary/aromatic N) is 4. The van der Waals surface area contributed by atoms with Crippen molar-refractivity contribution in [1.82, 2.24) is 19.4 Å². The average molecular weight is 438 g/mol. The molecule has 8 heteroatoms. The van der Waals surface area contributed by atoms with E-state index in [0.717, 1.165) is 5.82 Å². The number of fused-ring (bicyclic) bond motifs is 1. The third-order valence-corrected chi connectivity index (χ3v) is 6.16. The summed E-state index contributed by atoms with van der Waals surface area (Å²) in [5.74, 6) is 0.272. The van der Waals surface area contributed by atoms with Crippen LogP contribution in [0.4, 0.5) is 14.9 Å². The molecule has 2 amide bonds. The van der Waals surface area contributed by atoms with Crippen molar-refractivity contribution in [2.45, 2.75) is 39.4 Å². The number of carbonyl (C=O) groups is 1. The minimum Gasteiger partial charge on any atom is -0.319 e. The van der Waals surface area contributed by atoms with Gasteiger partial charge in [0.1, 0.15) is 11.6 Å². The first-order valence-corrected chi connectivity index (χ1v) is 11.0. The van der Waals surface area contributed by atoms with Crippen molar-refractivity contribution in [2.24, 2.45) is 0 Å². The summed E-state index contributed by atoms with van der Waals surface area (Å²) in [5, 5.41) is 3.29. The Balaban J connectivity index is 1.52. The van der Waals surface area contributed by atoms with Crippen LogP contribution in [0.2, 0.25) is 0 Å². The summed E-state index contributed by atoms with van der Waals surface area (Å²) in [6.07, 6.45) is 0. The van der Waals surface area contributed by atoms with Gasteiger partial charge in [0.2, 0.25) is 0 Å². The number of hydrogen-bond donors (Lipinski definition) is 1. The van der Waals surface area contributed by atoms with Crippen molar-refractivity contribution in [1.29, 1.82) is 0 Å². The highest BCUT2D eigenvalue weighted by molar-refractivity contribution is 5.89. The van der Waals surface area contributed by atoms with E-state index in [1.807, 2.05) is 39.0 Å². The van der Waals surface area contributed by atoms with Crippen molar-refractivity contribution in [3.63, 3.8) is 0 Å². The topological polar surface area (TPSA) is 70.5 Å². The highest BCUT2D eigenvalue weighted by Crippen LogP contribution is 2.24. The van der Waals surface area contributed by atoms with Gasteiger partial charge in [-0.1, -0.05) is 24.3 Å². The number of halogens is 1. The van der Waals surface area contributed by atoms with Gasteiger partial charge in [-0.15, -0.1) is 0 Å². The van der Waals surface area contributed by atoms with E-state index >= 15 is 0 Å². The lowest BCUT2D eigenvalue weighted by Gasteiger charge is -2.42. The number of urea groups is 1. The van der Waals surface area contributed by atoms with Crippen LogP contribution >= 0.6 is 0 Å². The normalized spacial score (nSPS) is 18.0. The van der Waals surface area contributed by atoms with Gasteiger partial charge in [-0.25, -0.2) is 14.2 Å². The molecule has 32 heavy (non-hydrogen) atoms. The van der Waals surface area contributed by atoms with Crippen LogP contribution in [-0.4, -0.2) is 51.1 Å². The Morgan fingerprint density at radius 1 is 1.19 bits per heavy atom. The van der Waals surface area contributed by atoms with Gasteiger partial charge in [0.15, 0.2) is 0 Å². The van der Waals surface area contributed by atoms with Gasteiger partial charge in [0.05, 0.1) is 22.6 Å². The highest BCUT2D eigenvalue weighted by atomic mass is 19.1. The number of nitrogens with one attached hydrogen (secondary N) is 1. The van der Waals surface area contributed by atoms with Crippen molar-refractivity contribution < 1.29 is 9.18 Å². The molecule has 1 fully saturated rings. The van der Waals surface area contributed by atoms with E-state index in [2.05, 4.69) is 10.2 Å². The Morgan fingerprint density at radius 2 is 1.91 bits per heavy atom. The lowest BCUT2D eigenvalue weighted by molar-refractivity contribution is 0.0793. The zero-order valence-corrected chi connectivity index (χ0v) is 18.6. The molecule has 2 unspecified atom stereocenters. The zero-order valence-electron chi connectivity index (χ0n) is 18.6. The first-order valence-electron chi connectivity index (χ1n) is 11.0. The SMILES string of the molecule is CCn1c(C(C)N2CCN(C(=O)Nc3ccccc3F)C(C)C2)nc2ccccc2c1=O. The van der Waals surface area contributed by atoms with Crippen LogP contribution < -0.4 is 10.9 Å². The summed E-state index contributed by atoms with van der Waals surface area (Å²) >= 11 is 0. The minimum atomic E-state index is -0.458. The Hall–Kier alpha value is -3.26. The van der Waals surface area contributed by atoms with Gasteiger partial charge >= 0.3 is 6.03 Å². The maximum Gasteiger partial charge on any atom is 0.322 e. The maximum atomic E-state index is 13.9. The van der Waals surface area contributed by atoms with Crippen molar-refractivity contribution in [2.75, 3.05) is 25.0 Å². The fourth-order valence-corrected chi connectivity index (χ4v) is 4.36. The molecular weight excluding hydrogens is 409 g/mol. The van der Waals surface area contributed by atoms with E-state index < -0.39 is 5.82 Å². The Bertz CT molecular complexity index is 1190. The van der Waals surface area contributed by atoms with E-state index in [0.29, 0.717) is 37.1 Å². The summed E-state index contributed by atoms with van der Waals surface area (Å²) in [7, 11) is 0. The average Bonchev–Trinajstić information content (AvgIpc) is 2.80. The third-order valence-electron chi connectivity index (χ3n) is 6.16. The van der Waals surface area contributed by atoms with Gasteiger partial charge in [0, 0.05) is 32.2 Å². The van der Waals surface area contributed by atoms with Gasteiger partial charge in [-0.05, 0) is 45.0 Å². The lowest BCUT2D eigenvalue weighted by atomic mass is 10.1. The number of carbonyl (C=O) groups excluding carboxylic acids is 1. The Labute approximate surface area is 186 Å². The largest absolute Gasteiger partial charge is 0.322 e. The smallest absolute Gasteiger partial charge is 0.319 e. The van der Waals surface area contributed by atoms with Crippen molar-refractivity contribution >= 4 is 22.6 Å². The molecule has 0 saturated carbocycles. The number of benzene rings is 2. The summed E-state index contributed by atoms with van der Waals surface area (Å²) in [5.41, 5.74) is 0.837. The van der Waals surface area contributed by atoms with Gasteiger partial charge < -0.3 is 10.2 Å². The zero-order chi connectivity index (χ0) is 22.8. The molecule has 0 radical (unpaired) electrons. The fraction of sp³-hybridized carbons (Fsp3) is 0.375.